The van der Waals surface area contributed by atoms with Crippen LogP contribution in [0.1, 0.15) is 61.8 Å². The third-order valence-electron chi connectivity index (χ3n) is 9.86. The molecule has 0 atom stereocenters. The number of fused-ring (bicyclic) bond motifs is 4. The van der Waals surface area contributed by atoms with Gasteiger partial charge in [-0.25, -0.2) is 4.79 Å². The Balaban J connectivity index is 1.37. The molecule has 7 rings (SSSR count). The van der Waals surface area contributed by atoms with Gasteiger partial charge in [0.2, 0.25) is 0 Å². The molecule has 0 saturated carbocycles. The van der Waals surface area contributed by atoms with E-state index in [-0.39, 0.29) is 5.91 Å². The fraction of sp³-hybridized carbons (Fsp3) is 0.308. The molecule has 4 heterocycles. The number of rotatable bonds is 8. The van der Waals surface area contributed by atoms with Crippen LogP contribution in [-0.2, 0) is 24.8 Å². The van der Waals surface area contributed by atoms with Crippen molar-refractivity contribution in [1.82, 2.24) is 19.3 Å². The van der Waals surface area contributed by atoms with E-state index >= 15 is 4.79 Å². The Labute approximate surface area is 300 Å². The van der Waals surface area contributed by atoms with Gasteiger partial charge in [-0.2, -0.15) is 5.10 Å². The number of H-pyrrole nitrogens is 1. The number of benzene rings is 3. The molecule has 3 aromatic carbocycles. The minimum absolute atomic E-state index is 0.134. The zero-order valence-electron chi connectivity index (χ0n) is 29.0. The maximum atomic E-state index is 15.1. The Morgan fingerprint density at radius 2 is 1.74 bits per heavy atom. The molecule has 0 unspecified atom stereocenters. The summed E-state index contributed by atoms with van der Waals surface area (Å²) < 4.78 is 15.3. The Bertz CT molecular complexity index is 2310. The summed E-state index contributed by atoms with van der Waals surface area (Å²) in [7, 11) is 3.29. The number of anilines is 1. The first-order valence-corrected chi connectivity index (χ1v) is 17.5. The average Bonchev–Trinajstić information content (AvgIpc) is 3.73. The van der Waals surface area contributed by atoms with Crippen LogP contribution in [0.3, 0.4) is 0 Å². The van der Waals surface area contributed by atoms with E-state index in [1.165, 1.54) is 7.11 Å². The van der Waals surface area contributed by atoms with Crippen molar-refractivity contribution in [3.63, 3.8) is 0 Å². The summed E-state index contributed by atoms with van der Waals surface area (Å²) in [5, 5.41) is 7.88. The number of halogens is 2. The van der Waals surface area contributed by atoms with Gasteiger partial charge >= 0.3 is 5.97 Å². The van der Waals surface area contributed by atoms with E-state index in [0.717, 1.165) is 71.8 Å². The van der Waals surface area contributed by atoms with Crippen molar-refractivity contribution in [3.8, 4) is 16.9 Å². The topological polar surface area (TPSA) is 94.4 Å². The molecule has 0 bridgehead atoms. The van der Waals surface area contributed by atoms with Crippen LogP contribution in [0.5, 0.6) is 5.75 Å². The minimum atomic E-state index is -0.465. The van der Waals surface area contributed by atoms with Crippen LogP contribution in [0.4, 0.5) is 5.69 Å². The molecule has 258 valence electrons. The number of methoxy groups -OCH3 is 1. The fourth-order valence-corrected chi connectivity index (χ4v) is 7.82. The number of carbonyl (C=O) groups is 2. The Hall–Kier alpha value is -4.73. The first kappa shape index (κ1) is 33.8. The number of nitrogens with zero attached hydrogens (tertiary/aromatic N) is 4. The molecular weight excluding hydrogens is 673 g/mol. The normalized spacial score (nSPS) is 13.3. The van der Waals surface area contributed by atoms with Gasteiger partial charge in [0.15, 0.2) is 0 Å². The molecule has 0 saturated heterocycles. The number of ether oxygens (including phenoxy) is 2. The Morgan fingerprint density at radius 1 is 0.980 bits per heavy atom. The van der Waals surface area contributed by atoms with Crippen molar-refractivity contribution in [2.45, 2.75) is 53.5 Å². The van der Waals surface area contributed by atoms with Crippen LogP contribution in [0.25, 0.3) is 32.9 Å². The molecule has 0 fully saturated rings. The maximum absolute atomic E-state index is 15.1. The molecule has 0 aliphatic carbocycles. The van der Waals surface area contributed by atoms with E-state index in [1.54, 1.807) is 17.0 Å². The van der Waals surface area contributed by atoms with Crippen molar-refractivity contribution >= 4 is 62.6 Å². The molecule has 0 radical (unpaired) electrons. The summed E-state index contributed by atoms with van der Waals surface area (Å²) in [6.07, 6.45) is 3.77. The van der Waals surface area contributed by atoms with Crippen LogP contribution < -0.4 is 9.64 Å². The fourth-order valence-electron chi connectivity index (χ4n) is 7.47. The second-order valence-corrected chi connectivity index (χ2v) is 13.8. The van der Waals surface area contributed by atoms with Gasteiger partial charge in [0.1, 0.15) is 11.4 Å². The number of nitrogens with one attached hydrogen (secondary N) is 1. The van der Waals surface area contributed by atoms with E-state index in [4.69, 9.17) is 37.8 Å². The number of esters is 1. The average molecular weight is 713 g/mol. The van der Waals surface area contributed by atoms with Crippen molar-refractivity contribution in [1.29, 1.82) is 0 Å². The third-order valence-corrected chi connectivity index (χ3v) is 10.8. The summed E-state index contributed by atoms with van der Waals surface area (Å²) in [6.45, 7) is 9.50. The van der Waals surface area contributed by atoms with Gasteiger partial charge in [0.05, 0.1) is 41.2 Å². The van der Waals surface area contributed by atoms with E-state index in [2.05, 4.69) is 9.55 Å². The van der Waals surface area contributed by atoms with Crippen LogP contribution in [0.2, 0.25) is 10.0 Å². The van der Waals surface area contributed by atoms with Crippen molar-refractivity contribution in [2.75, 3.05) is 25.2 Å². The van der Waals surface area contributed by atoms with Gasteiger partial charge in [0.25, 0.3) is 5.91 Å². The van der Waals surface area contributed by atoms with Gasteiger partial charge < -0.3 is 23.9 Å². The lowest BCUT2D eigenvalue weighted by Crippen LogP contribution is -2.32. The first-order chi connectivity index (χ1) is 24.0. The molecule has 0 spiro atoms. The van der Waals surface area contributed by atoms with Crippen molar-refractivity contribution < 1.29 is 19.1 Å². The first-order valence-electron chi connectivity index (χ1n) is 16.7. The summed E-state index contributed by atoms with van der Waals surface area (Å²) >= 11 is 13.5. The van der Waals surface area contributed by atoms with Crippen LogP contribution in [0, 0.1) is 27.7 Å². The summed E-state index contributed by atoms with van der Waals surface area (Å²) in [4.78, 5) is 32.8. The smallest absolute Gasteiger partial charge is 0.337 e. The number of carbonyl (C=O) groups excluding carboxylic acids is 2. The molecule has 50 heavy (non-hydrogen) atoms. The summed E-state index contributed by atoms with van der Waals surface area (Å²) in [5.74, 6) is 0.169. The highest BCUT2D eigenvalue weighted by atomic mass is 35.5. The van der Waals surface area contributed by atoms with Gasteiger partial charge in [-0.1, -0.05) is 29.3 Å². The molecule has 9 nitrogen and oxygen atoms in total. The van der Waals surface area contributed by atoms with Crippen LogP contribution in [-0.4, -0.2) is 51.5 Å². The quantitative estimate of drug-likeness (QED) is 0.126. The largest absolute Gasteiger partial charge is 0.494 e. The van der Waals surface area contributed by atoms with Gasteiger partial charge in [-0.15, -0.1) is 0 Å². The molecule has 1 amide bonds. The van der Waals surface area contributed by atoms with E-state index in [9.17, 15) is 4.79 Å². The Morgan fingerprint density at radius 3 is 2.44 bits per heavy atom. The molecule has 1 aliphatic heterocycles. The summed E-state index contributed by atoms with van der Waals surface area (Å²) in [6, 6.07) is 13.3. The maximum Gasteiger partial charge on any atom is 0.337 e. The lowest BCUT2D eigenvalue weighted by molar-refractivity contribution is 0.0600. The molecular formula is C39H39Cl2N5O4. The van der Waals surface area contributed by atoms with E-state index in [0.29, 0.717) is 60.9 Å². The standard InChI is InChI=1S/C39H39Cl2N5O4/c1-21-17-26(18-22(2)35(21)41)50-16-7-9-27-28-10-11-30(40)34(33-23(3)43-44(5)24(33)4)36(28)46-15-8-14-45(38(47)37(27)46)32-20-25(39(48)49-6)19-31-29(32)12-13-42-31/h10-13,17-20,42H,7-9,14-16H2,1-6H3. The SMILES string of the molecule is COC(=O)c1cc(N2CCCn3c(c(CCCOc4cc(C)c(Cl)c(C)c4)c4ccc(Cl)c(-c5c(C)nn(C)c5C)c43)C2=O)c2cc[nH]c2c1. The van der Waals surface area contributed by atoms with E-state index < -0.39 is 5.97 Å². The lowest BCUT2D eigenvalue weighted by Gasteiger charge is -2.23. The third kappa shape index (κ3) is 5.62. The number of hydrogen-bond donors (Lipinski definition) is 1. The number of hydrogen-bond acceptors (Lipinski definition) is 5. The zero-order chi connectivity index (χ0) is 35.4. The number of aryl methyl sites for hydroxylation is 6. The highest BCUT2D eigenvalue weighted by molar-refractivity contribution is 6.35. The minimum Gasteiger partial charge on any atom is -0.494 e. The van der Waals surface area contributed by atoms with Gasteiger partial charge in [-0.3, -0.25) is 9.48 Å². The van der Waals surface area contributed by atoms with Crippen LogP contribution in [0.15, 0.2) is 48.7 Å². The highest BCUT2D eigenvalue weighted by Gasteiger charge is 2.33. The second-order valence-electron chi connectivity index (χ2n) is 13.0. The predicted molar refractivity (Wildman–Crippen MR) is 199 cm³/mol. The molecule has 3 aromatic heterocycles. The number of aromatic nitrogens is 4. The summed E-state index contributed by atoms with van der Waals surface area (Å²) in [5.41, 5.74) is 9.92. The molecule has 11 heteroatoms. The van der Waals surface area contributed by atoms with Crippen molar-refractivity contribution in [2.24, 2.45) is 7.05 Å². The van der Waals surface area contributed by atoms with E-state index in [1.807, 2.05) is 76.0 Å². The Kier molecular flexibility index (Phi) is 8.90. The highest BCUT2D eigenvalue weighted by Crippen LogP contribution is 2.43. The van der Waals surface area contributed by atoms with Gasteiger partial charge in [-0.05, 0) is 100 Å². The monoisotopic (exact) mass is 711 g/mol. The van der Waals surface area contributed by atoms with Crippen LogP contribution >= 0.6 is 23.2 Å². The molecule has 1 N–H and O–H groups in total. The predicted octanol–water partition coefficient (Wildman–Crippen LogP) is 8.91. The zero-order valence-corrected chi connectivity index (χ0v) is 30.6. The number of amides is 1. The van der Waals surface area contributed by atoms with Gasteiger partial charge in [0, 0.05) is 64.5 Å². The molecule has 6 aromatic rings. The second kappa shape index (κ2) is 13.2. The lowest BCUT2D eigenvalue weighted by atomic mass is 9.98. The number of aromatic amines is 1. The molecule has 1 aliphatic rings. The van der Waals surface area contributed by atoms with Crippen molar-refractivity contribution in [3.05, 3.63) is 98.0 Å².